The Hall–Kier alpha value is -4.10. The average Bonchev–Trinajstić information content (AvgIpc) is 2.99. The smallest absolute Gasteiger partial charge is 0.151 e. The summed E-state index contributed by atoms with van der Waals surface area (Å²) in [7, 11) is 1.82. The summed E-state index contributed by atoms with van der Waals surface area (Å²) in [4.78, 5) is 28.6. The Balaban J connectivity index is 0.000000996. The molecule has 0 spiro atoms. The molecule has 1 aromatic heterocycles. The van der Waals surface area contributed by atoms with Crippen LogP contribution in [0.15, 0.2) is 88.7 Å². The quantitative estimate of drug-likeness (QED) is 0.258. The number of rotatable bonds is 10. The molecule has 226 valence electrons. The van der Waals surface area contributed by atoms with Crippen LogP contribution in [-0.2, 0) is 4.79 Å². The molecule has 7 nitrogen and oxygen atoms in total. The van der Waals surface area contributed by atoms with Gasteiger partial charge in [0.05, 0.1) is 16.9 Å². The number of ketones is 1. The number of benzene rings is 2. The SMILES string of the molecule is C=N/C(=C1/C(=NC)NC=CN1CC1CC(N(CCC)CCC)C1)c1ccc2ccc(-c3ccccc3)nc2c1.CC(C)=O. The molecule has 0 saturated heterocycles. The summed E-state index contributed by atoms with van der Waals surface area (Å²) in [6, 6.07) is 21.6. The highest BCUT2D eigenvalue weighted by Crippen LogP contribution is 2.35. The molecular weight excluding hydrogens is 532 g/mol. The molecule has 0 unspecified atom stereocenters. The normalized spacial score (nSPS) is 19.9. The molecule has 7 heteroatoms. The molecule has 5 rings (SSSR count). The second-order valence-corrected chi connectivity index (χ2v) is 11.4. The minimum atomic E-state index is 0.167. The van der Waals surface area contributed by atoms with Gasteiger partial charge in [0.15, 0.2) is 5.84 Å². The summed E-state index contributed by atoms with van der Waals surface area (Å²) in [6.45, 7) is 14.9. The molecule has 0 atom stereocenters. The van der Waals surface area contributed by atoms with Crippen molar-refractivity contribution >= 4 is 34.9 Å². The van der Waals surface area contributed by atoms with Crippen molar-refractivity contribution in [2.75, 3.05) is 26.7 Å². The molecule has 0 amide bonds. The maximum absolute atomic E-state index is 9.44. The first-order valence-electron chi connectivity index (χ1n) is 15.4. The molecule has 3 aromatic rings. The molecule has 1 aliphatic carbocycles. The number of nitrogens with one attached hydrogen (secondary N) is 1. The van der Waals surface area contributed by atoms with Gasteiger partial charge in [-0.2, -0.15) is 0 Å². The number of carbonyl (C=O) groups excluding carboxylic acids is 1. The highest BCUT2D eigenvalue weighted by Gasteiger charge is 2.35. The van der Waals surface area contributed by atoms with Gasteiger partial charge in [0, 0.05) is 48.5 Å². The van der Waals surface area contributed by atoms with Crippen LogP contribution >= 0.6 is 0 Å². The van der Waals surface area contributed by atoms with E-state index in [1.807, 2.05) is 31.4 Å². The minimum Gasteiger partial charge on any atom is -0.344 e. The van der Waals surface area contributed by atoms with Crippen molar-refractivity contribution in [3.63, 3.8) is 0 Å². The van der Waals surface area contributed by atoms with Gasteiger partial charge in [-0.3, -0.25) is 9.98 Å². The van der Waals surface area contributed by atoms with Crippen LogP contribution in [0.25, 0.3) is 27.9 Å². The van der Waals surface area contributed by atoms with Crippen LogP contribution in [0.1, 0.15) is 58.9 Å². The van der Waals surface area contributed by atoms with Crippen molar-refractivity contribution in [2.24, 2.45) is 15.9 Å². The average molecular weight is 579 g/mol. The summed E-state index contributed by atoms with van der Waals surface area (Å²) in [6.07, 6.45) is 8.99. The fourth-order valence-corrected chi connectivity index (χ4v) is 5.87. The predicted octanol–water partition coefficient (Wildman–Crippen LogP) is 7.17. The van der Waals surface area contributed by atoms with Gasteiger partial charge in [0.2, 0.25) is 0 Å². The van der Waals surface area contributed by atoms with E-state index >= 15 is 0 Å². The first kappa shape index (κ1) is 31.8. The van der Waals surface area contributed by atoms with Gasteiger partial charge in [-0.1, -0.05) is 62.4 Å². The lowest BCUT2D eigenvalue weighted by molar-refractivity contribution is -0.114. The van der Waals surface area contributed by atoms with Crippen molar-refractivity contribution in [3.8, 4) is 11.3 Å². The largest absolute Gasteiger partial charge is 0.344 e. The Morgan fingerprint density at radius 3 is 2.35 bits per heavy atom. The van der Waals surface area contributed by atoms with Crippen LogP contribution in [0.5, 0.6) is 0 Å². The summed E-state index contributed by atoms with van der Waals surface area (Å²) in [5, 5.41) is 4.43. The predicted molar refractivity (Wildman–Crippen MR) is 181 cm³/mol. The third-order valence-electron chi connectivity index (χ3n) is 7.83. The Morgan fingerprint density at radius 1 is 1.05 bits per heavy atom. The van der Waals surface area contributed by atoms with E-state index in [0.29, 0.717) is 12.0 Å². The van der Waals surface area contributed by atoms with Gasteiger partial charge in [-0.05, 0) is 77.4 Å². The van der Waals surface area contributed by atoms with Gasteiger partial charge >= 0.3 is 0 Å². The Morgan fingerprint density at radius 2 is 1.72 bits per heavy atom. The number of fused-ring (bicyclic) bond motifs is 1. The number of Topliss-reactive ketones (excluding diaryl/α,β-unsaturated/α-hetero) is 1. The van der Waals surface area contributed by atoms with Gasteiger partial charge in [0.25, 0.3) is 0 Å². The van der Waals surface area contributed by atoms with E-state index in [1.165, 1.54) is 52.6 Å². The molecular formula is C36H46N6O. The zero-order valence-corrected chi connectivity index (χ0v) is 26.4. The maximum Gasteiger partial charge on any atom is 0.151 e. The molecule has 1 fully saturated rings. The first-order valence-corrected chi connectivity index (χ1v) is 15.4. The highest BCUT2D eigenvalue weighted by molar-refractivity contribution is 6.06. The summed E-state index contributed by atoms with van der Waals surface area (Å²) in [5.41, 5.74) is 5.77. The van der Waals surface area contributed by atoms with Crippen molar-refractivity contribution in [3.05, 3.63) is 84.3 Å². The number of nitrogens with zero attached hydrogens (tertiary/aromatic N) is 5. The molecule has 1 N–H and O–H groups in total. The lowest BCUT2D eigenvalue weighted by atomic mass is 9.78. The van der Waals surface area contributed by atoms with Crippen LogP contribution in [-0.4, -0.2) is 65.8 Å². The zero-order chi connectivity index (χ0) is 30.8. The number of hydrogen-bond acceptors (Lipinski definition) is 6. The Kier molecular flexibility index (Phi) is 11.4. The fraction of sp³-hybridized carbons (Fsp3) is 0.389. The summed E-state index contributed by atoms with van der Waals surface area (Å²) in [5.74, 6) is 1.61. The van der Waals surface area contributed by atoms with E-state index in [1.54, 1.807) is 0 Å². The second kappa shape index (κ2) is 15.4. The Labute approximate surface area is 257 Å². The number of pyridine rings is 1. The standard InChI is InChI=1S/C33H40N6.C3H6O/c1-5-17-38(18-6-2)28-20-24(21-28)23-39-19-16-36-33(35-4)32(39)31(34-3)27-13-12-26-14-15-29(37-30(26)22-27)25-10-8-7-9-11-25;1-3(2)4/h7-16,19,22,24,28H,3,5-6,17-18,20-21,23H2,1-2,4H3,(H,35,36);1-2H3/b32-31-;. The van der Waals surface area contributed by atoms with Crippen molar-refractivity contribution in [1.82, 2.24) is 20.1 Å². The lowest BCUT2D eigenvalue weighted by Gasteiger charge is -2.45. The third-order valence-corrected chi connectivity index (χ3v) is 7.83. The second-order valence-electron chi connectivity index (χ2n) is 11.4. The van der Waals surface area contributed by atoms with Crippen LogP contribution < -0.4 is 5.32 Å². The molecule has 43 heavy (non-hydrogen) atoms. The first-order chi connectivity index (χ1) is 20.9. The van der Waals surface area contributed by atoms with Crippen molar-refractivity contribution < 1.29 is 4.79 Å². The molecule has 1 saturated carbocycles. The topological polar surface area (TPSA) is 73.2 Å². The van der Waals surface area contributed by atoms with Crippen LogP contribution in [0, 0.1) is 5.92 Å². The zero-order valence-electron chi connectivity index (χ0n) is 26.4. The fourth-order valence-electron chi connectivity index (χ4n) is 5.87. The Bertz CT molecular complexity index is 1480. The van der Waals surface area contributed by atoms with E-state index in [-0.39, 0.29) is 5.78 Å². The molecule has 1 aliphatic heterocycles. The summed E-state index contributed by atoms with van der Waals surface area (Å²) >= 11 is 0. The van der Waals surface area contributed by atoms with Gasteiger partial charge < -0.3 is 19.9 Å². The van der Waals surface area contributed by atoms with E-state index in [2.05, 4.69) is 94.3 Å². The van der Waals surface area contributed by atoms with Crippen LogP contribution in [0.3, 0.4) is 0 Å². The molecule has 2 aliphatic rings. The van der Waals surface area contributed by atoms with E-state index in [0.717, 1.165) is 51.5 Å². The molecule has 2 aromatic carbocycles. The maximum atomic E-state index is 9.44. The summed E-state index contributed by atoms with van der Waals surface area (Å²) < 4.78 is 0. The van der Waals surface area contributed by atoms with E-state index in [9.17, 15) is 4.79 Å². The third kappa shape index (κ3) is 8.05. The van der Waals surface area contributed by atoms with Gasteiger partial charge in [-0.25, -0.2) is 4.98 Å². The number of aliphatic imine (C=N–C) groups is 2. The van der Waals surface area contributed by atoms with Crippen molar-refractivity contribution in [2.45, 2.75) is 59.4 Å². The van der Waals surface area contributed by atoms with Crippen LogP contribution in [0.4, 0.5) is 0 Å². The molecule has 2 heterocycles. The van der Waals surface area contributed by atoms with Gasteiger partial charge in [-0.15, -0.1) is 0 Å². The number of aromatic nitrogens is 1. The van der Waals surface area contributed by atoms with E-state index in [4.69, 9.17) is 4.98 Å². The minimum absolute atomic E-state index is 0.167. The number of amidine groups is 1. The lowest BCUT2D eigenvalue weighted by Crippen LogP contribution is -2.49. The van der Waals surface area contributed by atoms with Gasteiger partial charge in [0.1, 0.15) is 11.5 Å². The number of hydrogen-bond donors (Lipinski definition) is 1. The van der Waals surface area contributed by atoms with Crippen molar-refractivity contribution in [1.29, 1.82) is 0 Å². The molecule has 0 radical (unpaired) electrons. The highest BCUT2D eigenvalue weighted by atomic mass is 16.1. The van der Waals surface area contributed by atoms with Crippen LogP contribution in [0.2, 0.25) is 0 Å². The monoisotopic (exact) mass is 578 g/mol. The molecule has 0 bridgehead atoms. The number of carbonyl (C=O) groups is 1. The van der Waals surface area contributed by atoms with E-state index < -0.39 is 0 Å².